The minimum atomic E-state index is -1.60. The molecule has 1 aliphatic rings. The quantitative estimate of drug-likeness (QED) is 0.760. The fourth-order valence-corrected chi connectivity index (χ4v) is 1.61. The third kappa shape index (κ3) is 1.72. The number of aliphatic hydroxyl groups is 1. The molecule has 1 aromatic carbocycles. The molecule has 1 N–H and O–H groups in total. The van der Waals surface area contributed by atoms with E-state index in [0.717, 1.165) is 11.1 Å². The highest BCUT2D eigenvalue weighted by Gasteiger charge is 2.46. The summed E-state index contributed by atoms with van der Waals surface area (Å²) in [5.41, 5.74) is 0.713. The Bertz CT molecular complexity index is 450. The highest BCUT2D eigenvalue weighted by atomic mass is 16.7. The Morgan fingerprint density at radius 3 is 2.44 bits per heavy atom. The summed E-state index contributed by atoms with van der Waals surface area (Å²) in [6, 6.07) is 7.63. The van der Waals surface area contributed by atoms with Crippen molar-refractivity contribution in [3.8, 4) is 0 Å². The van der Waals surface area contributed by atoms with Gasteiger partial charge in [0.1, 0.15) is 0 Å². The summed E-state index contributed by atoms with van der Waals surface area (Å²) in [4.78, 5) is 15.9. The molecule has 1 heterocycles. The molecule has 0 radical (unpaired) electrons. The number of benzene rings is 1. The van der Waals surface area contributed by atoms with Gasteiger partial charge in [0.15, 0.2) is 0 Å². The third-order valence-electron chi connectivity index (χ3n) is 2.78. The van der Waals surface area contributed by atoms with Crippen molar-refractivity contribution in [2.45, 2.75) is 25.9 Å². The van der Waals surface area contributed by atoms with Crippen LogP contribution in [0.5, 0.6) is 0 Å². The van der Waals surface area contributed by atoms with Crippen molar-refractivity contribution in [1.29, 1.82) is 0 Å². The summed E-state index contributed by atoms with van der Waals surface area (Å²) in [6.07, 6.45) is 0.196. The Morgan fingerprint density at radius 1 is 1.31 bits per heavy atom. The number of carbonyl (C=O) groups is 1. The summed E-state index contributed by atoms with van der Waals surface area (Å²) < 4.78 is 0. The molecule has 0 spiro atoms. The van der Waals surface area contributed by atoms with Crippen molar-refractivity contribution in [1.82, 2.24) is 0 Å². The maximum atomic E-state index is 11.4. The van der Waals surface area contributed by atoms with Crippen LogP contribution in [0.1, 0.15) is 18.1 Å². The van der Waals surface area contributed by atoms with E-state index < -0.39 is 11.6 Å². The van der Waals surface area contributed by atoms with Gasteiger partial charge in [-0.15, -0.1) is 0 Å². The maximum Gasteiger partial charge on any atom is 0.372 e. The van der Waals surface area contributed by atoms with Crippen LogP contribution in [0.3, 0.4) is 0 Å². The van der Waals surface area contributed by atoms with E-state index in [4.69, 9.17) is 0 Å². The molecule has 0 bridgehead atoms. The standard InChI is InChI=1S/C12H13NO3/c1-8-3-5-10(6-4-8)7-12(15)9(2)13-16-11(12)14/h3-6,15H,7H2,1-2H3. The third-order valence-corrected chi connectivity index (χ3v) is 2.78. The first-order chi connectivity index (χ1) is 7.52. The molecule has 0 saturated carbocycles. The molecule has 4 heteroatoms. The van der Waals surface area contributed by atoms with Gasteiger partial charge in [-0.3, -0.25) is 0 Å². The van der Waals surface area contributed by atoms with E-state index in [1.165, 1.54) is 0 Å². The van der Waals surface area contributed by atoms with Gasteiger partial charge in [-0.05, 0) is 19.4 Å². The van der Waals surface area contributed by atoms with Gasteiger partial charge in [-0.2, -0.15) is 0 Å². The second-order valence-corrected chi connectivity index (χ2v) is 4.08. The predicted molar refractivity (Wildman–Crippen MR) is 59.0 cm³/mol. The Labute approximate surface area is 93.5 Å². The largest absolute Gasteiger partial charge is 0.373 e. The Hall–Kier alpha value is -1.68. The van der Waals surface area contributed by atoms with Crippen LogP contribution in [-0.2, 0) is 16.1 Å². The highest BCUT2D eigenvalue weighted by molar-refractivity contribution is 6.11. The molecule has 4 nitrogen and oxygen atoms in total. The lowest BCUT2D eigenvalue weighted by Gasteiger charge is -2.17. The zero-order chi connectivity index (χ0) is 11.8. The number of hydrogen-bond acceptors (Lipinski definition) is 4. The first kappa shape index (κ1) is 10.8. The molecule has 0 amide bonds. The van der Waals surface area contributed by atoms with E-state index in [-0.39, 0.29) is 6.42 Å². The van der Waals surface area contributed by atoms with Crippen LogP contribution in [0.25, 0.3) is 0 Å². The van der Waals surface area contributed by atoms with Gasteiger partial charge < -0.3 is 9.94 Å². The summed E-state index contributed by atoms with van der Waals surface area (Å²) in [7, 11) is 0. The molecule has 0 saturated heterocycles. The Balaban J connectivity index is 2.24. The van der Waals surface area contributed by atoms with Gasteiger partial charge in [-0.1, -0.05) is 35.0 Å². The monoisotopic (exact) mass is 219 g/mol. The molecule has 0 fully saturated rings. The molecule has 0 aliphatic carbocycles. The summed E-state index contributed by atoms with van der Waals surface area (Å²) in [6.45, 7) is 3.56. The molecule has 1 aliphatic heterocycles. The number of hydrogen-bond donors (Lipinski definition) is 1. The molecule has 1 aromatic rings. The van der Waals surface area contributed by atoms with Gasteiger partial charge in [-0.25, -0.2) is 4.79 Å². The van der Waals surface area contributed by atoms with E-state index in [9.17, 15) is 9.90 Å². The smallest absolute Gasteiger partial charge is 0.372 e. The van der Waals surface area contributed by atoms with E-state index >= 15 is 0 Å². The SMILES string of the molecule is CC1=NOC(=O)C1(O)Cc1ccc(C)cc1. The van der Waals surface area contributed by atoms with Crippen LogP contribution >= 0.6 is 0 Å². The van der Waals surface area contributed by atoms with Gasteiger partial charge in [0, 0.05) is 6.42 Å². The van der Waals surface area contributed by atoms with Crippen molar-refractivity contribution < 1.29 is 14.7 Å². The van der Waals surface area contributed by atoms with E-state index in [0.29, 0.717) is 5.71 Å². The molecule has 0 aromatic heterocycles. The van der Waals surface area contributed by atoms with Crippen molar-refractivity contribution in [2.24, 2.45) is 5.16 Å². The molecule has 1 unspecified atom stereocenters. The van der Waals surface area contributed by atoms with E-state index in [1.807, 2.05) is 31.2 Å². The van der Waals surface area contributed by atoms with Gasteiger partial charge in [0.05, 0.1) is 5.71 Å². The van der Waals surface area contributed by atoms with Crippen LogP contribution in [-0.4, -0.2) is 22.4 Å². The second kappa shape index (κ2) is 3.72. The minimum Gasteiger partial charge on any atom is -0.373 e. The molecular weight excluding hydrogens is 206 g/mol. The Kier molecular flexibility index (Phi) is 2.52. The minimum absolute atomic E-state index is 0.196. The molecule has 2 rings (SSSR count). The number of nitrogens with zero attached hydrogens (tertiary/aromatic N) is 1. The van der Waals surface area contributed by atoms with Crippen LogP contribution < -0.4 is 0 Å². The van der Waals surface area contributed by atoms with Crippen LogP contribution in [0.4, 0.5) is 0 Å². The molecular formula is C12H13NO3. The average molecular weight is 219 g/mol. The van der Waals surface area contributed by atoms with Crippen LogP contribution in [0.15, 0.2) is 29.4 Å². The second-order valence-electron chi connectivity index (χ2n) is 4.08. The molecule has 84 valence electrons. The predicted octanol–water partition coefficient (Wildman–Crippen LogP) is 1.20. The fourth-order valence-electron chi connectivity index (χ4n) is 1.61. The van der Waals surface area contributed by atoms with Gasteiger partial charge >= 0.3 is 5.97 Å². The summed E-state index contributed by atoms with van der Waals surface area (Å²) in [5, 5.41) is 13.6. The topological polar surface area (TPSA) is 58.9 Å². The van der Waals surface area contributed by atoms with E-state index in [1.54, 1.807) is 6.92 Å². The Morgan fingerprint density at radius 2 is 1.94 bits per heavy atom. The van der Waals surface area contributed by atoms with Crippen molar-refractivity contribution in [3.05, 3.63) is 35.4 Å². The van der Waals surface area contributed by atoms with Crippen molar-refractivity contribution in [3.63, 3.8) is 0 Å². The lowest BCUT2D eigenvalue weighted by Crippen LogP contribution is -2.43. The van der Waals surface area contributed by atoms with E-state index in [2.05, 4.69) is 9.99 Å². The zero-order valence-electron chi connectivity index (χ0n) is 9.23. The lowest BCUT2D eigenvalue weighted by molar-refractivity contribution is -0.154. The number of oxime groups is 1. The molecule has 16 heavy (non-hydrogen) atoms. The van der Waals surface area contributed by atoms with Crippen molar-refractivity contribution >= 4 is 11.7 Å². The first-order valence-corrected chi connectivity index (χ1v) is 5.07. The molecule has 1 atom stereocenters. The number of rotatable bonds is 2. The number of aryl methyl sites for hydroxylation is 1. The van der Waals surface area contributed by atoms with Crippen LogP contribution in [0.2, 0.25) is 0 Å². The zero-order valence-corrected chi connectivity index (χ0v) is 9.23. The average Bonchev–Trinajstić information content (AvgIpc) is 2.50. The van der Waals surface area contributed by atoms with Crippen molar-refractivity contribution in [2.75, 3.05) is 0 Å². The van der Waals surface area contributed by atoms with Gasteiger partial charge in [0.2, 0.25) is 5.60 Å². The number of carbonyl (C=O) groups excluding carboxylic acids is 1. The fraction of sp³-hybridized carbons (Fsp3) is 0.333. The van der Waals surface area contributed by atoms with Gasteiger partial charge in [0.25, 0.3) is 0 Å². The summed E-state index contributed by atoms with van der Waals surface area (Å²) >= 11 is 0. The normalized spacial score (nSPS) is 24.2. The maximum absolute atomic E-state index is 11.4. The highest BCUT2D eigenvalue weighted by Crippen LogP contribution is 2.22. The van der Waals surface area contributed by atoms with Crippen LogP contribution in [0, 0.1) is 6.92 Å². The first-order valence-electron chi connectivity index (χ1n) is 5.07. The summed E-state index contributed by atoms with van der Waals surface area (Å²) in [5.74, 6) is -0.703. The lowest BCUT2D eigenvalue weighted by atomic mass is 9.91.